The van der Waals surface area contributed by atoms with E-state index in [2.05, 4.69) is 27.3 Å². The van der Waals surface area contributed by atoms with Crippen molar-refractivity contribution in [3.8, 4) is 17.6 Å². The molecule has 5 aromatic rings. The van der Waals surface area contributed by atoms with Crippen molar-refractivity contribution >= 4 is 45.5 Å². The van der Waals surface area contributed by atoms with Crippen molar-refractivity contribution in [2.45, 2.75) is 50.9 Å². The normalized spacial score (nSPS) is 22.1. The Kier molecular flexibility index (Phi) is 6.85. The molecule has 9 rings (SSSR count). The van der Waals surface area contributed by atoms with Crippen molar-refractivity contribution in [3.05, 3.63) is 82.5 Å². The lowest BCUT2D eigenvalue weighted by atomic mass is 9.98. The van der Waals surface area contributed by atoms with E-state index in [1.54, 1.807) is 30.3 Å². The second kappa shape index (κ2) is 11.2. The highest BCUT2D eigenvalue weighted by Crippen LogP contribution is 2.40. The molecule has 48 heavy (non-hydrogen) atoms. The van der Waals surface area contributed by atoms with E-state index in [1.165, 1.54) is 12.8 Å². The van der Waals surface area contributed by atoms with E-state index in [9.17, 15) is 9.59 Å². The van der Waals surface area contributed by atoms with E-state index in [0.717, 1.165) is 47.5 Å². The van der Waals surface area contributed by atoms with Gasteiger partial charge < -0.3 is 24.7 Å². The van der Waals surface area contributed by atoms with Crippen LogP contribution in [0.1, 0.15) is 52.0 Å². The summed E-state index contributed by atoms with van der Waals surface area (Å²) >= 11 is 7.11. The molecular formula is C37H35ClN8O2. The summed E-state index contributed by atoms with van der Waals surface area (Å²) in [4.78, 5) is 40.8. The number of hydrogen-bond donors (Lipinski definition) is 1. The predicted molar refractivity (Wildman–Crippen MR) is 182 cm³/mol. The smallest absolute Gasteiger partial charge is 0.254 e. The van der Waals surface area contributed by atoms with E-state index in [4.69, 9.17) is 32.6 Å². The first-order valence-corrected chi connectivity index (χ1v) is 17.2. The van der Waals surface area contributed by atoms with Crippen LogP contribution in [-0.2, 0) is 13.1 Å². The molecule has 2 amide bonds. The molecule has 4 fully saturated rings. The van der Waals surface area contributed by atoms with Gasteiger partial charge in [0.15, 0.2) is 5.82 Å². The number of rotatable bonds is 7. The summed E-state index contributed by atoms with van der Waals surface area (Å²) in [6, 6.07) is 18.8. The number of nitriles is 1. The van der Waals surface area contributed by atoms with Gasteiger partial charge in [-0.2, -0.15) is 5.26 Å². The number of aromatic nitrogens is 4. The summed E-state index contributed by atoms with van der Waals surface area (Å²) in [7, 11) is 0. The Labute approximate surface area is 282 Å². The fourth-order valence-corrected chi connectivity index (χ4v) is 8.47. The topological polar surface area (TPSA) is 126 Å². The summed E-state index contributed by atoms with van der Waals surface area (Å²) in [6.45, 7) is 3.35. The minimum Gasteiger partial charge on any atom is -0.338 e. The molecule has 0 radical (unpaired) electrons. The zero-order chi connectivity index (χ0) is 32.7. The van der Waals surface area contributed by atoms with Crippen molar-refractivity contribution in [3.63, 3.8) is 0 Å². The van der Waals surface area contributed by atoms with Crippen LogP contribution in [0.3, 0.4) is 0 Å². The van der Waals surface area contributed by atoms with E-state index < -0.39 is 0 Å². The van der Waals surface area contributed by atoms with Gasteiger partial charge in [-0.1, -0.05) is 11.6 Å². The number of nitrogens with two attached hydrogens (primary N) is 1. The Morgan fingerprint density at radius 2 is 1.71 bits per heavy atom. The highest BCUT2D eigenvalue weighted by molar-refractivity contribution is 6.35. The first-order chi connectivity index (χ1) is 23.4. The zero-order valence-corrected chi connectivity index (χ0v) is 27.2. The van der Waals surface area contributed by atoms with Gasteiger partial charge in [-0.25, -0.2) is 9.97 Å². The quantitative estimate of drug-likeness (QED) is 0.252. The standard InChI is InChI=1S/C37H35ClN8O2/c38-28-12-27(37(48)45-20-26-9-10-30(45)32(26)40)13-29-33(28)46(19-23-16-43(17-23)36(47)24-7-5-21(15-39)6-8-24)35(42-29)31-14-25-2-1-11-41-34(25)44(31)18-22-3-4-22/h1-2,5-8,11-14,22-23,26,30,32H,3-4,9-10,16-20,40H2/t26?,30?,32-/m1/s1. The second-order valence-electron chi connectivity index (χ2n) is 14.1. The number of piperidine rings is 1. The molecule has 2 N–H and O–H groups in total. The molecule has 3 atom stereocenters. The van der Waals surface area contributed by atoms with Crippen molar-refractivity contribution in [2.75, 3.05) is 19.6 Å². The maximum Gasteiger partial charge on any atom is 0.254 e. The Morgan fingerprint density at radius 3 is 2.42 bits per heavy atom. The number of carbonyl (C=O) groups is 2. The predicted octanol–water partition coefficient (Wildman–Crippen LogP) is 5.32. The molecule has 2 bridgehead atoms. The molecular weight excluding hydrogens is 624 g/mol. The lowest BCUT2D eigenvalue weighted by Gasteiger charge is -2.39. The largest absolute Gasteiger partial charge is 0.338 e. The van der Waals surface area contributed by atoms with Crippen LogP contribution in [0.5, 0.6) is 0 Å². The maximum absolute atomic E-state index is 13.8. The van der Waals surface area contributed by atoms with Crippen LogP contribution in [0.25, 0.3) is 33.6 Å². The lowest BCUT2D eigenvalue weighted by molar-refractivity contribution is 0.0471. The van der Waals surface area contributed by atoms with Gasteiger partial charge >= 0.3 is 0 Å². The number of amides is 2. The molecule has 0 spiro atoms. The van der Waals surface area contributed by atoms with Crippen LogP contribution in [-0.4, -0.2) is 72.4 Å². The van der Waals surface area contributed by atoms with Gasteiger partial charge in [0, 0.05) is 73.4 Å². The molecule has 2 aromatic carbocycles. The van der Waals surface area contributed by atoms with Crippen LogP contribution in [0.2, 0.25) is 5.02 Å². The van der Waals surface area contributed by atoms with Crippen LogP contribution in [0.4, 0.5) is 0 Å². The SMILES string of the molecule is N#Cc1ccc(C(=O)N2CC(Cn3c(-c4cc5cccnc5n4CC4CC4)nc4cc(C(=O)N5CC6CCC5[C@@H]6N)cc(Cl)c43)C2)cc1. The minimum atomic E-state index is -0.0430. The summed E-state index contributed by atoms with van der Waals surface area (Å²) in [5.74, 6) is 1.86. The molecule has 2 saturated carbocycles. The number of halogens is 1. The van der Waals surface area contributed by atoms with Gasteiger partial charge in [0.2, 0.25) is 0 Å². The third-order valence-corrected chi connectivity index (χ3v) is 11.2. The number of fused-ring (bicyclic) bond motifs is 4. The maximum atomic E-state index is 13.8. The Morgan fingerprint density at radius 1 is 0.917 bits per heavy atom. The summed E-state index contributed by atoms with van der Waals surface area (Å²) < 4.78 is 4.47. The van der Waals surface area contributed by atoms with Gasteiger partial charge in [-0.15, -0.1) is 0 Å². The van der Waals surface area contributed by atoms with E-state index in [1.807, 2.05) is 28.1 Å². The first kappa shape index (κ1) is 29.4. The van der Waals surface area contributed by atoms with Crippen LogP contribution < -0.4 is 5.73 Å². The van der Waals surface area contributed by atoms with E-state index in [-0.39, 0.29) is 29.8 Å². The Balaban J connectivity index is 1.09. The molecule has 2 saturated heterocycles. The fourth-order valence-electron chi connectivity index (χ4n) is 8.16. The molecule has 2 aliphatic heterocycles. The first-order valence-electron chi connectivity index (χ1n) is 16.9. The van der Waals surface area contributed by atoms with Gasteiger partial charge in [-0.3, -0.25) is 9.59 Å². The van der Waals surface area contributed by atoms with Crippen molar-refractivity contribution < 1.29 is 9.59 Å². The average Bonchev–Trinajstić information content (AvgIpc) is 3.43. The Bertz CT molecular complexity index is 2150. The summed E-state index contributed by atoms with van der Waals surface area (Å²) in [6.07, 6.45) is 6.25. The van der Waals surface area contributed by atoms with Gasteiger partial charge in [0.05, 0.1) is 33.4 Å². The summed E-state index contributed by atoms with van der Waals surface area (Å²) in [5, 5.41) is 10.7. The third-order valence-electron chi connectivity index (χ3n) is 10.9. The molecule has 4 aliphatic rings. The fraction of sp³-hybridized carbons (Fsp3) is 0.378. The third kappa shape index (κ3) is 4.79. The Hall–Kier alpha value is -4.72. The number of hydrogen-bond acceptors (Lipinski definition) is 6. The molecule has 10 nitrogen and oxygen atoms in total. The van der Waals surface area contributed by atoms with Crippen LogP contribution >= 0.6 is 11.6 Å². The molecule has 11 heteroatoms. The lowest BCUT2D eigenvalue weighted by Crippen LogP contribution is -2.51. The molecule has 2 aliphatic carbocycles. The van der Waals surface area contributed by atoms with Gasteiger partial charge in [0.25, 0.3) is 11.8 Å². The molecule has 5 heterocycles. The second-order valence-corrected chi connectivity index (χ2v) is 14.5. The number of pyridine rings is 1. The summed E-state index contributed by atoms with van der Waals surface area (Å²) in [5.41, 5.74) is 11.5. The highest BCUT2D eigenvalue weighted by atomic mass is 35.5. The monoisotopic (exact) mass is 658 g/mol. The number of carbonyl (C=O) groups excluding carboxylic acids is 2. The molecule has 3 aromatic heterocycles. The average molecular weight is 659 g/mol. The van der Waals surface area contributed by atoms with Crippen molar-refractivity contribution in [1.82, 2.24) is 28.9 Å². The van der Waals surface area contributed by atoms with Gasteiger partial charge in [-0.05, 0) is 92.1 Å². The molecule has 2 unspecified atom stereocenters. The highest BCUT2D eigenvalue weighted by Gasteiger charge is 2.47. The van der Waals surface area contributed by atoms with Crippen LogP contribution in [0, 0.1) is 29.1 Å². The number of benzene rings is 2. The van der Waals surface area contributed by atoms with Crippen LogP contribution in [0.15, 0.2) is 60.8 Å². The van der Waals surface area contributed by atoms with Crippen molar-refractivity contribution in [1.29, 1.82) is 5.26 Å². The zero-order valence-electron chi connectivity index (χ0n) is 26.4. The van der Waals surface area contributed by atoms with E-state index in [0.29, 0.717) is 65.2 Å². The number of imidazole rings is 1. The number of likely N-dealkylation sites (tertiary alicyclic amines) is 2. The van der Waals surface area contributed by atoms with Crippen molar-refractivity contribution in [2.24, 2.45) is 23.5 Å². The molecule has 242 valence electrons. The number of nitrogens with zero attached hydrogens (tertiary/aromatic N) is 7. The van der Waals surface area contributed by atoms with Gasteiger partial charge in [0.1, 0.15) is 5.65 Å². The van der Waals surface area contributed by atoms with E-state index >= 15 is 0 Å². The minimum absolute atomic E-state index is 0.0341.